The number of hydrogen-bond acceptors (Lipinski definition) is 32. The molecule has 6 fully saturated rings. The van der Waals surface area contributed by atoms with Crippen LogP contribution in [0.25, 0.3) is 0 Å². The van der Waals surface area contributed by atoms with Gasteiger partial charge in [0.2, 0.25) is 11.8 Å². The van der Waals surface area contributed by atoms with Gasteiger partial charge in [-0.1, -0.05) is 0 Å². The summed E-state index contributed by atoms with van der Waals surface area (Å²) in [7, 11) is 0. The van der Waals surface area contributed by atoms with E-state index in [0.29, 0.717) is 0 Å². The van der Waals surface area contributed by atoms with Gasteiger partial charge in [-0.15, -0.1) is 0 Å². The van der Waals surface area contributed by atoms with Crippen molar-refractivity contribution in [2.24, 2.45) is 0 Å². The maximum atomic E-state index is 13.1. The molecule has 0 aromatic heterocycles. The highest BCUT2D eigenvalue weighted by atomic mass is 16.8. The van der Waals surface area contributed by atoms with Gasteiger partial charge in [0.05, 0.1) is 51.3 Å². The Hall–Kier alpha value is -2.75. The van der Waals surface area contributed by atoms with Gasteiger partial charge in [0.15, 0.2) is 31.5 Å². The maximum absolute atomic E-state index is 13.1. The zero-order valence-corrected chi connectivity index (χ0v) is 41.8. The molecule has 0 aromatic rings. The van der Waals surface area contributed by atoms with Gasteiger partial charge in [0, 0.05) is 20.3 Å². The monoisotopic (exact) mass is 1140 g/mol. The summed E-state index contributed by atoms with van der Waals surface area (Å²) in [5.41, 5.74) is 0. The third-order valence-electron chi connectivity index (χ3n) is 14.2. The number of ether oxygens (including phenoxy) is 11. The van der Waals surface area contributed by atoms with Gasteiger partial charge < -0.3 is 160 Å². The Morgan fingerprint density at radius 1 is 0.538 bits per heavy atom. The lowest BCUT2D eigenvalue weighted by molar-refractivity contribution is -0.392. The maximum Gasteiger partial charge on any atom is 0.364 e. The van der Waals surface area contributed by atoms with Crippen molar-refractivity contribution in [3.8, 4) is 0 Å². The van der Waals surface area contributed by atoms with Crippen molar-refractivity contribution in [1.82, 2.24) is 10.6 Å². The number of rotatable bonds is 20. The lowest BCUT2D eigenvalue weighted by Crippen LogP contribution is -2.71. The number of amides is 2. The van der Waals surface area contributed by atoms with E-state index in [1.165, 1.54) is 6.92 Å². The number of aliphatic hydroxyl groups is 18. The number of aliphatic carboxylic acids is 1. The van der Waals surface area contributed by atoms with E-state index in [-0.39, 0.29) is 0 Å². The fourth-order valence-electron chi connectivity index (χ4n) is 9.85. The van der Waals surface area contributed by atoms with Crippen LogP contribution in [-0.2, 0) is 66.5 Å². The average Bonchev–Trinajstić information content (AvgIpc) is 3.48. The molecule has 6 aliphatic heterocycles. The summed E-state index contributed by atoms with van der Waals surface area (Å²) in [5.74, 6) is -6.77. The summed E-state index contributed by atoms with van der Waals surface area (Å²) in [6.45, 7) is -2.22. The molecule has 0 radical (unpaired) electrons. The van der Waals surface area contributed by atoms with E-state index in [9.17, 15) is 111 Å². The van der Waals surface area contributed by atoms with Gasteiger partial charge >= 0.3 is 5.97 Å². The Kier molecular flexibility index (Phi) is 22.4. The van der Waals surface area contributed by atoms with Crippen LogP contribution >= 0.6 is 0 Å². The number of carboxylic acids is 1. The fourth-order valence-corrected chi connectivity index (χ4v) is 9.85. The second-order valence-electron chi connectivity index (χ2n) is 19.7. The van der Waals surface area contributed by atoms with Gasteiger partial charge in [0.1, 0.15) is 134 Å². The second kappa shape index (κ2) is 27.1. The van der Waals surface area contributed by atoms with Crippen LogP contribution < -0.4 is 10.6 Å². The number of carboxylic acid groups (broad SMARTS) is 1. The predicted molar refractivity (Wildman–Crippen MR) is 238 cm³/mol. The van der Waals surface area contributed by atoms with Crippen molar-refractivity contribution in [2.45, 2.75) is 217 Å². The van der Waals surface area contributed by atoms with Crippen molar-refractivity contribution in [2.75, 3.05) is 33.0 Å². The third kappa shape index (κ3) is 13.7. The molecule has 2 amide bonds. The first-order chi connectivity index (χ1) is 36.6. The lowest BCUT2D eigenvalue weighted by Gasteiger charge is -2.52. The first-order valence-electron chi connectivity index (χ1n) is 24.6. The van der Waals surface area contributed by atoms with Crippen LogP contribution in [0.2, 0.25) is 0 Å². The van der Waals surface area contributed by atoms with Gasteiger partial charge in [-0.05, 0) is 6.92 Å². The molecule has 1 unspecified atom stereocenters. The fraction of sp³-hybridized carbons (Fsp3) is 0.930. The van der Waals surface area contributed by atoms with Crippen LogP contribution in [0.15, 0.2) is 0 Å². The zero-order chi connectivity index (χ0) is 58.0. The van der Waals surface area contributed by atoms with Crippen molar-refractivity contribution < 1.29 is 164 Å². The van der Waals surface area contributed by atoms with Crippen molar-refractivity contribution >= 4 is 17.8 Å². The van der Waals surface area contributed by atoms with Crippen molar-refractivity contribution in [3.63, 3.8) is 0 Å². The summed E-state index contributed by atoms with van der Waals surface area (Å²) in [4.78, 5) is 38.0. The van der Waals surface area contributed by atoms with Gasteiger partial charge in [-0.3, -0.25) is 9.59 Å². The average molecular weight is 1150 g/mol. The minimum atomic E-state index is -3.03. The van der Waals surface area contributed by atoms with Crippen molar-refractivity contribution in [1.29, 1.82) is 0 Å². The molecule has 6 saturated heterocycles. The Bertz CT molecular complexity index is 1950. The molecule has 35 heteroatoms. The summed E-state index contributed by atoms with van der Waals surface area (Å²) in [5, 5.41) is 208. The van der Waals surface area contributed by atoms with Crippen LogP contribution in [0.4, 0.5) is 0 Å². The highest BCUT2D eigenvalue weighted by Crippen LogP contribution is 2.39. The number of carbonyl (C=O) groups excluding carboxylic acids is 2. The van der Waals surface area contributed by atoms with E-state index in [4.69, 9.17) is 52.1 Å². The van der Waals surface area contributed by atoms with Crippen LogP contribution in [0.5, 0.6) is 0 Å². The quantitative estimate of drug-likeness (QED) is 0.0538. The first-order valence-corrected chi connectivity index (χ1v) is 24.6. The second-order valence-corrected chi connectivity index (χ2v) is 19.7. The molecule has 78 heavy (non-hydrogen) atoms. The summed E-state index contributed by atoms with van der Waals surface area (Å²) in [6, 6.07) is -3.53. The predicted octanol–water partition coefficient (Wildman–Crippen LogP) is -13.6. The largest absolute Gasteiger partial charge is 0.477 e. The molecule has 6 aliphatic rings. The van der Waals surface area contributed by atoms with Crippen LogP contribution in [0, 0.1) is 0 Å². The standard InChI is InChI=1S/C43H72N2O33/c1-10-21(54)25(58)29(62)39(69-10)76-35-20(45-12(3)51)38(77-36-24(57)15(6-47)71-41(31(36)64)74-32-16(7-48)70-37(65)28(61)27(32)60)72-17(8-49)33(35)75-40-30(63)26(59)23(56)18(73-40)9-68-43(42(66)67)4-13(52)19(44-11(2)50)34(78-43)22(55)14(53)5-46/h10,13-41,46-49,52-65H,4-9H2,1-3H3,(H,44,50)(H,45,51)(H,66,67)/t10-,13-,14+,15+,16+,17+,18+,19+,20+,21+,22+,23-,24-,25+,26-,27+,28+,29-,30+,31+,32+,33+,34+,35+,36-,37?,38-,39-,40-,41-,43+/m0/s1. The number of hydrogen-bond donors (Lipinski definition) is 21. The highest BCUT2D eigenvalue weighted by molar-refractivity contribution is 5.76. The molecule has 0 spiro atoms. The third-order valence-corrected chi connectivity index (χ3v) is 14.2. The van der Waals surface area contributed by atoms with Crippen LogP contribution in [0.1, 0.15) is 27.2 Å². The zero-order valence-electron chi connectivity index (χ0n) is 41.8. The van der Waals surface area contributed by atoms with Gasteiger partial charge in [-0.25, -0.2) is 4.79 Å². The lowest BCUT2D eigenvalue weighted by atomic mass is 9.88. The summed E-state index contributed by atoms with van der Waals surface area (Å²) in [6.07, 6.45) is -57.1. The smallest absolute Gasteiger partial charge is 0.364 e. The SMILES string of the molecule is CC(=O)N[C@H]1[C@H](O[C@H]2[C@@H](O)[C@@H](CO)O[C@@H](O[C@H]3[C@H](O)[C@@H](O)C(O)O[C@@H]3CO)[C@@H]2O)O[C@H](CO)[C@@H](O[C@@H]2O[C@H](CO[C@]3(C(=O)O)C[C@H](O)[C@@H](NC(C)=O)[C@H]([C@H](O)[C@H](O)CO)O3)[C@H](O)[C@H](O)[C@H]2O)[C@@H]1O[C@@H]1O[C@@H](C)[C@@H](O)[C@@H](O)[C@@H]1O. The topological polar surface area (TPSA) is 561 Å². The number of nitrogens with one attached hydrogen (secondary N) is 2. The van der Waals surface area contributed by atoms with Crippen LogP contribution in [0.3, 0.4) is 0 Å². The normalized spacial score (nSPS) is 48.1. The number of aliphatic hydroxyl groups excluding tert-OH is 18. The molecule has 0 aromatic carbocycles. The molecular weight excluding hydrogens is 1070 g/mol. The molecule has 35 nitrogen and oxygen atoms in total. The molecule has 6 rings (SSSR count). The Balaban J connectivity index is 1.32. The van der Waals surface area contributed by atoms with Crippen molar-refractivity contribution in [3.05, 3.63) is 0 Å². The Labute approximate surface area is 441 Å². The molecule has 0 aliphatic carbocycles. The molecule has 452 valence electrons. The molecule has 0 saturated carbocycles. The van der Waals surface area contributed by atoms with E-state index in [1.807, 2.05) is 0 Å². The summed E-state index contributed by atoms with van der Waals surface area (Å²) >= 11 is 0. The molecule has 21 N–H and O–H groups in total. The van der Waals surface area contributed by atoms with E-state index < -0.39 is 247 Å². The van der Waals surface area contributed by atoms with Gasteiger partial charge in [-0.2, -0.15) is 0 Å². The van der Waals surface area contributed by atoms with E-state index in [0.717, 1.165) is 13.8 Å². The molecular formula is C43H72N2O33. The van der Waals surface area contributed by atoms with E-state index in [1.54, 1.807) is 0 Å². The Morgan fingerprint density at radius 3 is 1.62 bits per heavy atom. The number of carbonyl (C=O) groups is 3. The van der Waals surface area contributed by atoms with E-state index in [2.05, 4.69) is 10.6 Å². The summed E-state index contributed by atoms with van der Waals surface area (Å²) < 4.78 is 63.4. The van der Waals surface area contributed by atoms with E-state index >= 15 is 0 Å². The molecule has 6 heterocycles. The van der Waals surface area contributed by atoms with Crippen LogP contribution in [-0.4, -0.2) is 338 Å². The highest BCUT2D eigenvalue weighted by Gasteiger charge is 2.60. The molecule has 0 bridgehead atoms. The molecule has 31 atom stereocenters. The minimum Gasteiger partial charge on any atom is -0.477 e. The van der Waals surface area contributed by atoms with Gasteiger partial charge in [0.25, 0.3) is 5.79 Å². The Morgan fingerprint density at radius 2 is 1.04 bits per heavy atom. The first kappa shape index (κ1) is 64.4. The minimum absolute atomic E-state index is 0.803.